The highest BCUT2D eigenvalue weighted by Gasteiger charge is 2.20. The van der Waals surface area contributed by atoms with Crippen LogP contribution in [0.2, 0.25) is 0 Å². The van der Waals surface area contributed by atoms with Crippen LogP contribution in [0, 0.1) is 0 Å². The van der Waals surface area contributed by atoms with Crippen LogP contribution in [0.5, 0.6) is 0 Å². The highest BCUT2D eigenvalue weighted by Crippen LogP contribution is 2.36. The summed E-state index contributed by atoms with van der Waals surface area (Å²) in [5.41, 5.74) is 8.03. The van der Waals surface area contributed by atoms with Gasteiger partial charge in [0.2, 0.25) is 0 Å². The first-order valence-electron chi connectivity index (χ1n) is 11.2. The fourth-order valence-electron chi connectivity index (χ4n) is 4.75. The first-order valence-corrected chi connectivity index (χ1v) is 11.2. The minimum absolute atomic E-state index is 0.0203. The van der Waals surface area contributed by atoms with Gasteiger partial charge in [-0.25, -0.2) is 4.98 Å². The molecule has 4 heteroatoms. The molecule has 2 N–H and O–H groups in total. The van der Waals surface area contributed by atoms with Crippen molar-refractivity contribution in [2.24, 2.45) is 0 Å². The summed E-state index contributed by atoms with van der Waals surface area (Å²) in [6, 6.07) is 23.2. The van der Waals surface area contributed by atoms with Gasteiger partial charge in [-0.05, 0) is 78.5 Å². The molecular formula is C27H27N3O. The van der Waals surface area contributed by atoms with Gasteiger partial charge >= 0.3 is 0 Å². The van der Waals surface area contributed by atoms with Crippen LogP contribution in [0.25, 0.3) is 22.2 Å². The third kappa shape index (κ3) is 4.24. The van der Waals surface area contributed by atoms with Crippen molar-refractivity contribution >= 4 is 16.9 Å². The van der Waals surface area contributed by atoms with Crippen molar-refractivity contribution in [3.8, 4) is 11.1 Å². The monoisotopic (exact) mass is 409 g/mol. The van der Waals surface area contributed by atoms with Gasteiger partial charge in [-0.15, -0.1) is 0 Å². The molecule has 0 unspecified atom stereocenters. The Morgan fingerprint density at radius 1 is 1.03 bits per heavy atom. The zero-order chi connectivity index (χ0) is 21.0. The molecule has 0 radical (unpaired) electrons. The number of hydrogen-bond donors (Lipinski definition) is 2. The molecule has 5 rings (SSSR count). The maximum Gasteiger partial charge on any atom is 0.251 e. The third-order valence-corrected chi connectivity index (χ3v) is 6.39. The van der Waals surface area contributed by atoms with Gasteiger partial charge in [-0.3, -0.25) is 4.79 Å². The van der Waals surface area contributed by atoms with Crippen molar-refractivity contribution in [1.82, 2.24) is 15.3 Å². The molecule has 1 aromatic heterocycles. The lowest BCUT2D eigenvalue weighted by Gasteiger charge is -2.26. The van der Waals surface area contributed by atoms with E-state index in [4.69, 9.17) is 0 Å². The number of imidazole rings is 1. The van der Waals surface area contributed by atoms with Gasteiger partial charge < -0.3 is 10.3 Å². The van der Waals surface area contributed by atoms with E-state index in [9.17, 15) is 4.79 Å². The zero-order valence-corrected chi connectivity index (χ0v) is 17.6. The van der Waals surface area contributed by atoms with Crippen molar-refractivity contribution in [2.45, 2.75) is 38.0 Å². The maximum atomic E-state index is 12.5. The Bertz CT molecular complexity index is 1200. The van der Waals surface area contributed by atoms with Gasteiger partial charge in [0.1, 0.15) is 0 Å². The molecule has 4 nitrogen and oxygen atoms in total. The van der Waals surface area contributed by atoms with Crippen LogP contribution in [0.1, 0.15) is 53.1 Å². The van der Waals surface area contributed by atoms with Crippen LogP contribution in [0.4, 0.5) is 0 Å². The molecule has 0 aliphatic heterocycles. The summed E-state index contributed by atoms with van der Waals surface area (Å²) in [5, 5.41) is 3.08. The molecule has 3 aromatic carbocycles. The Hall–Kier alpha value is -3.40. The van der Waals surface area contributed by atoms with Gasteiger partial charge in [0.15, 0.2) is 0 Å². The van der Waals surface area contributed by atoms with Gasteiger partial charge in [-0.2, -0.15) is 0 Å². The predicted molar refractivity (Wildman–Crippen MR) is 125 cm³/mol. The number of amides is 1. The Morgan fingerprint density at radius 3 is 2.84 bits per heavy atom. The number of H-pyrrole nitrogens is 1. The quantitative estimate of drug-likeness (QED) is 0.392. The maximum absolute atomic E-state index is 12.5. The van der Waals surface area contributed by atoms with E-state index in [2.05, 4.69) is 63.8 Å². The van der Waals surface area contributed by atoms with Gasteiger partial charge in [0, 0.05) is 12.1 Å². The Kier molecular flexibility index (Phi) is 5.53. The molecule has 0 bridgehead atoms. The lowest BCUT2D eigenvalue weighted by molar-refractivity contribution is 0.0953. The smallest absolute Gasteiger partial charge is 0.251 e. The molecule has 1 aliphatic rings. The van der Waals surface area contributed by atoms with E-state index >= 15 is 0 Å². The molecule has 0 saturated carbocycles. The number of nitrogens with zero attached hydrogens (tertiary/aromatic N) is 1. The summed E-state index contributed by atoms with van der Waals surface area (Å²) in [4.78, 5) is 19.7. The molecule has 1 aliphatic carbocycles. The fourth-order valence-corrected chi connectivity index (χ4v) is 4.75. The number of aryl methyl sites for hydroxylation is 1. The molecule has 156 valence electrons. The number of hydrogen-bond acceptors (Lipinski definition) is 2. The van der Waals surface area contributed by atoms with E-state index in [-0.39, 0.29) is 5.91 Å². The summed E-state index contributed by atoms with van der Waals surface area (Å²) >= 11 is 0. The Balaban J connectivity index is 1.18. The van der Waals surface area contributed by atoms with Crippen LogP contribution in [0.3, 0.4) is 0 Å². The molecule has 31 heavy (non-hydrogen) atoms. The average molecular weight is 410 g/mol. The molecule has 4 aromatic rings. The largest absolute Gasteiger partial charge is 0.352 e. The molecule has 1 atom stereocenters. The van der Waals surface area contributed by atoms with Gasteiger partial charge in [0.05, 0.1) is 17.4 Å². The van der Waals surface area contributed by atoms with E-state index in [1.165, 1.54) is 41.5 Å². The number of fused-ring (bicyclic) bond motifs is 2. The van der Waals surface area contributed by atoms with E-state index in [1.807, 2.05) is 18.2 Å². The number of carbonyl (C=O) groups excluding carboxylic acids is 1. The molecule has 0 spiro atoms. The molecule has 1 heterocycles. The Morgan fingerprint density at radius 2 is 1.94 bits per heavy atom. The van der Waals surface area contributed by atoms with Crippen molar-refractivity contribution in [1.29, 1.82) is 0 Å². The number of benzene rings is 3. The lowest BCUT2D eigenvalue weighted by Crippen LogP contribution is -2.25. The summed E-state index contributed by atoms with van der Waals surface area (Å²) in [6.45, 7) is 0.702. The van der Waals surface area contributed by atoms with Crippen molar-refractivity contribution < 1.29 is 4.79 Å². The van der Waals surface area contributed by atoms with E-state index < -0.39 is 0 Å². The number of nitrogens with one attached hydrogen (secondary N) is 2. The van der Waals surface area contributed by atoms with Crippen LogP contribution in [-0.4, -0.2) is 22.4 Å². The van der Waals surface area contributed by atoms with Crippen LogP contribution in [-0.2, 0) is 6.42 Å². The number of aromatic nitrogens is 2. The topological polar surface area (TPSA) is 57.8 Å². The summed E-state index contributed by atoms with van der Waals surface area (Å²) in [6.07, 6.45) is 7.39. The number of aromatic amines is 1. The second-order valence-corrected chi connectivity index (χ2v) is 8.40. The predicted octanol–water partition coefficient (Wildman–Crippen LogP) is 5.86. The fraction of sp³-hybridized carbons (Fsp3) is 0.259. The highest BCUT2D eigenvalue weighted by atomic mass is 16.1. The second-order valence-electron chi connectivity index (χ2n) is 8.40. The second kappa shape index (κ2) is 8.76. The molecule has 0 saturated heterocycles. The van der Waals surface area contributed by atoms with E-state index in [0.717, 1.165) is 23.9 Å². The molecule has 0 fully saturated rings. The Labute approximate surface area is 182 Å². The van der Waals surface area contributed by atoms with Crippen LogP contribution in [0.15, 0.2) is 73.1 Å². The molecule has 1 amide bonds. The van der Waals surface area contributed by atoms with E-state index in [1.54, 1.807) is 6.33 Å². The van der Waals surface area contributed by atoms with Crippen molar-refractivity contribution in [3.05, 3.63) is 89.7 Å². The van der Waals surface area contributed by atoms with Gasteiger partial charge in [-0.1, -0.05) is 48.5 Å². The third-order valence-electron chi connectivity index (χ3n) is 6.39. The van der Waals surface area contributed by atoms with Gasteiger partial charge in [0.25, 0.3) is 5.91 Å². The van der Waals surface area contributed by atoms with Crippen LogP contribution < -0.4 is 5.32 Å². The SMILES string of the molecule is O=C(NCCC[C@H]1CCCc2cc(-c3ccccc3)ccc21)c1ccc2nc[nH]c2c1. The summed E-state index contributed by atoms with van der Waals surface area (Å²) in [7, 11) is 0. The van der Waals surface area contributed by atoms with Crippen molar-refractivity contribution in [2.75, 3.05) is 6.54 Å². The average Bonchev–Trinajstić information content (AvgIpc) is 3.30. The first-order chi connectivity index (χ1) is 15.3. The van der Waals surface area contributed by atoms with Crippen LogP contribution >= 0.6 is 0 Å². The lowest BCUT2D eigenvalue weighted by atomic mass is 9.79. The number of rotatable bonds is 6. The standard InChI is InChI=1S/C27H27N3O/c31-27(23-12-14-25-26(17-23)30-18-29-25)28-15-5-10-20-8-4-9-22-16-21(11-13-24(20)22)19-6-2-1-3-7-19/h1-3,6-7,11-14,16-18,20H,4-5,8-10,15H2,(H,28,31)(H,29,30)/t20-/m1/s1. The minimum Gasteiger partial charge on any atom is -0.352 e. The minimum atomic E-state index is -0.0203. The van der Waals surface area contributed by atoms with E-state index in [0.29, 0.717) is 18.0 Å². The first kappa shape index (κ1) is 19.6. The normalized spacial score (nSPS) is 15.5. The summed E-state index contributed by atoms with van der Waals surface area (Å²) < 4.78 is 0. The van der Waals surface area contributed by atoms with Crippen molar-refractivity contribution in [3.63, 3.8) is 0 Å². The summed E-state index contributed by atoms with van der Waals surface area (Å²) in [5.74, 6) is 0.569. The zero-order valence-electron chi connectivity index (χ0n) is 17.6. The number of carbonyl (C=O) groups is 1. The highest BCUT2D eigenvalue weighted by molar-refractivity contribution is 5.97. The molecular weight excluding hydrogens is 382 g/mol.